The minimum atomic E-state index is 0.0305. The normalized spacial score (nSPS) is 14.7. The van der Waals surface area contributed by atoms with Crippen LogP contribution in [-0.2, 0) is 4.79 Å². The highest BCUT2D eigenvalue weighted by Gasteiger charge is 2.23. The molecule has 7 heteroatoms. The van der Waals surface area contributed by atoms with Crippen molar-refractivity contribution in [1.82, 2.24) is 19.8 Å². The van der Waals surface area contributed by atoms with E-state index in [9.17, 15) is 9.59 Å². The Hall–Kier alpha value is -2.41. The van der Waals surface area contributed by atoms with Crippen LogP contribution in [0.4, 0.5) is 0 Å². The molecule has 0 saturated carbocycles. The second-order valence-corrected chi connectivity index (χ2v) is 7.56. The van der Waals surface area contributed by atoms with Gasteiger partial charge in [-0.25, -0.2) is 9.97 Å². The first kappa shape index (κ1) is 19.4. The number of amides is 2. The largest absolute Gasteiger partial charge is 0.340 e. The third-order valence-corrected chi connectivity index (χ3v) is 5.28. The van der Waals surface area contributed by atoms with Crippen LogP contribution >= 0.6 is 11.8 Å². The molecule has 1 fully saturated rings. The standard InChI is InChI=1S/C20H24N4O2S/c1-15-13-16(2)22-20(21-15)27-14-18(25)23-9-6-10-24(12-11-23)19(26)17-7-4-3-5-8-17/h3-5,7-8,13H,6,9-12,14H2,1-2H3. The molecule has 27 heavy (non-hydrogen) atoms. The summed E-state index contributed by atoms with van der Waals surface area (Å²) in [5.41, 5.74) is 2.50. The number of hydrogen-bond acceptors (Lipinski definition) is 5. The molecule has 1 aromatic heterocycles. The lowest BCUT2D eigenvalue weighted by Crippen LogP contribution is -2.38. The molecule has 1 aliphatic heterocycles. The summed E-state index contributed by atoms with van der Waals surface area (Å²) < 4.78 is 0. The van der Waals surface area contributed by atoms with Crippen molar-refractivity contribution in [2.45, 2.75) is 25.4 Å². The van der Waals surface area contributed by atoms with Gasteiger partial charge in [0.25, 0.3) is 5.91 Å². The maximum Gasteiger partial charge on any atom is 0.253 e. The Morgan fingerprint density at radius 3 is 2.30 bits per heavy atom. The minimum Gasteiger partial charge on any atom is -0.340 e. The predicted molar refractivity (Wildman–Crippen MR) is 106 cm³/mol. The number of aromatic nitrogens is 2. The third-order valence-electron chi connectivity index (χ3n) is 4.44. The van der Waals surface area contributed by atoms with Gasteiger partial charge in [0, 0.05) is 43.1 Å². The summed E-state index contributed by atoms with van der Waals surface area (Å²) in [7, 11) is 0. The first-order valence-electron chi connectivity index (χ1n) is 9.10. The zero-order chi connectivity index (χ0) is 19.2. The van der Waals surface area contributed by atoms with Gasteiger partial charge in [-0.05, 0) is 38.5 Å². The smallest absolute Gasteiger partial charge is 0.253 e. The van der Waals surface area contributed by atoms with Crippen molar-refractivity contribution in [3.05, 3.63) is 53.3 Å². The van der Waals surface area contributed by atoms with Crippen molar-refractivity contribution in [2.24, 2.45) is 0 Å². The molecule has 6 nitrogen and oxygen atoms in total. The molecule has 1 aromatic carbocycles. The van der Waals surface area contributed by atoms with E-state index in [1.807, 2.05) is 60.0 Å². The van der Waals surface area contributed by atoms with Crippen LogP contribution in [0.15, 0.2) is 41.6 Å². The van der Waals surface area contributed by atoms with Crippen LogP contribution in [0.2, 0.25) is 0 Å². The number of rotatable bonds is 4. The molecule has 2 amide bonds. The van der Waals surface area contributed by atoms with Crippen LogP contribution < -0.4 is 0 Å². The highest BCUT2D eigenvalue weighted by Crippen LogP contribution is 2.16. The Balaban J connectivity index is 1.54. The first-order valence-corrected chi connectivity index (χ1v) is 10.1. The van der Waals surface area contributed by atoms with E-state index in [-0.39, 0.29) is 11.8 Å². The fraction of sp³-hybridized carbons (Fsp3) is 0.400. The summed E-state index contributed by atoms with van der Waals surface area (Å²) in [6.07, 6.45) is 0.787. The summed E-state index contributed by atoms with van der Waals surface area (Å²) in [5, 5.41) is 0.636. The molecular formula is C20H24N4O2S. The number of hydrogen-bond donors (Lipinski definition) is 0. The second kappa shape index (κ2) is 8.99. The molecule has 1 saturated heterocycles. The summed E-state index contributed by atoms with van der Waals surface area (Å²) in [6.45, 7) is 6.31. The molecule has 2 aromatic rings. The van der Waals surface area contributed by atoms with Crippen molar-refractivity contribution in [3.8, 4) is 0 Å². The number of carbonyl (C=O) groups is 2. The van der Waals surface area contributed by atoms with Gasteiger partial charge in [0.15, 0.2) is 5.16 Å². The summed E-state index contributed by atoms with van der Waals surface area (Å²) >= 11 is 1.37. The molecule has 2 heterocycles. The molecule has 0 bridgehead atoms. The van der Waals surface area contributed by atoms with Gasteiger partial charge in [0.1, 0.15) is 0 Å². The van der Waals surface area contributed by atoms with Crippen molar-refractivity contribution >= 4 is 23.6 Å². The molecule has 3 rings (SSSR count). The van der Waals surface area contributed by atoms with E-state index >= 15 is 0 Å². The van der Waals surface area contributed by atoms with Gasteiger partial charge in [-0.2, -0.15) is 0 Å². The van der Waals surface area contributed by atoms with Crippen LogP contribution in [0.5, 0.6) is 0 Å². The van der Waals surface area contributed by atoms with E-state index in [1.165, 1.54) is 11.8 Å². The molecule has 0 spiro atoms. The van der Waals surface area contributed by atoms with E-state index in [0.29, 0.717) is 42.7 Å². The number of benzene rings is 1. The molecule has 0 N–H and O–H groups in total. The maximum absolute atomic E-state index is 12.6. The highest BCUT2D eigenvalue weighted by molar-refractivity contribution is 7.99. The molecule has 142 valence electrons. The molecular weight excluding hydrogens is 360 g/mol. The fourth-order valence-corrected chi connectivity index (χ4v) is 3.96. The second-order valence-electron chi connectivity index (χ2n) is 6.61. The van der Waals surface area contributed by atoms with Crippen LogP contribution in [-0.4, -0.2) is 63.5 Å². The zero-order valence-electron chi connectivity index (χ0n) is 15.7. The van der Waals surface area contributed by atoms with Crippen LogP contribution in [0.1, 0.15) is 28.2 Å². The highest BCUT2D eigenvalue weighted by atomic mass is 32.2. The van der Waals surface area contributed by atoms with Gasteiger partial charge in [-0.15, -0.1) is 0 Å². The van der Waals surface area contributed by atoms with Crippen molar-refractivity contribution in [2.75, 3.05) is 31.9 Å². The van der Waals surface area contributed by atoms with Gasteiger partial charge < -0.3 is 9.80 Å². The van der Waals surface area contributed by atoms with E-state index in [1.54, 1.807) is 0 Å². The number of carbonyl (C=O) groups excluding carboxylic acids is 2. The Labute approximate surface area is 164 Å². The number of thioether (sulfide) groups is 1. The van der Waals surface area contributed by atoms with E-state index in [2.05, 4.69) is 9.97 Å². The van der Waals surface area contributed by atoms with Crippen molar-refractivity contribution < 1.29 is 9.59 Å². The van der Waals surface area contributed by atoms with Crippen molar-refractivity contribution in [3.63, 3.8) is 0 Å². The molecule has 0 unspecified atom stereocenters. The lowest BCUT2D eigenvalue weighted by molar-refractivity contribution is -0.128. The quantitative estimate of drug-likeness (QED) is 0.599. The predicted octanol–water partition coefficient (Wildman–Crippen LogP) is 2.56. The van der Waals surface area contributed by atoms with Crippen molar-refractivity contribution in [1.29, 1.82) is 0 Å². The van der Waals surface area contributed by atoms with Crippen LogP contribution in [0.3, 0.4) is 0 Å². The van der Waals surface area contributed by atoms with E-state index < -0.39 is 0 Å². The van der Waals surface area contributed by atoms with E-state index in [4.69, 9.17) is 0 Å². The molecule has 0 radical (unpaired) electrons. The van der Waals surface area contributed by atoms with Gasteiger partial charge >= 0.3 is 0 Å². The minimum absolute atomic E-state index is 0.0305. The van der Waals surface area contributed by atoms with E-state index in [0.717, 1.165) is 17.8 Å². The van der Waals surface area contributed by atoms with Gasteiger partial charge in [-0.1, -0.05) is 30.0 Å². The number of aryl methyl sites for hydroxylation is 2. The average molecular weight is 385 g/mol. The van der Waals surface area contributed by atoms with Crippen LogP contribution in [0, 0.1) is 13.8 Å². The molecule has 0 atom stereocenters. The zero-order valence-corrected chi connectivity index (χ0v) is 16.5. The molecule has 1 aliphatic rings. The van der Waals surface area contributed by atoms with Gasteiger partial charge in [0.2, 0.25) is 5.91 Å². The Kier molecular flexibility index (Phi) is 6.45. The topological polar surface area (TPSA) is 66.4 Å². The van der Waals surface area contributed by atoms with Crippen LogP contribution in [0.25, 0.3) is 0 Å². The lowest BCUT2D eigenvalue weighted by atomic mass is 10.2. The maximum atomic E-state index is 12.6. The lowest BCUT2D eigenvalue weighted by Gasteiger charge is -2.22. The Morgan fingerprint density at radius 1 is 0.963 bits per heavy atom. The summed E-state index contributed by atoms with van der Waals surface area (Å²) in [5.74, 6) is 0.412. The molecule has 0 aliphatic carbocycles. The number of nitrogens with zero attached hydrogens (tertiary/aromatic N) is 4. The monoisotopic (exact) mass is 384 g/mol. The average Bonchev–Trinajstić information content (AvgIpc) is 2.92. The van der Waals surface area contributed by atoms with Gasteiger partial charge in [-0.3, -0.25) is 9.59 Å². The Bertz CT molecular complexity index is 793. The first-order chi connectivity index (χ1) is 13.0. The van der Waals surface area contributed by atoms with Gasteiger partial charge in [0.05, 0.1) is 5.75 Å². The Morgan fingerprint density at radius 2 is 1.59 bits per heavy atom. The summed E-state index contributed by atoms with van der Waals surface area (Å²) in [6, 6.07) is 11.2. The SMILES string of the molecule is Cc1cc(C)nc(SCC(=O)N2CCCN(C(=O)c3ccccc3)CC2)n1. The fourth-order valence-electron chi connectivity index (χ4n) is 3.11. The summed E-state index contributed by atoms with van der Waals surface area (Å²) in [4.78, 5) is 37.6. The third kappa shape index (κ3) is 5.29.